The normalized spacial score (nSPS) is 16.4. The number of carbonyl (C=O) groups is 1. The summed E-state index contributed by atoms with van der Waals surface area (Å²) in [7, 11) is 3.58. The van der Waals surface area contributed by atoms with Crippen LogP contribution in [0, 0.1) is 0 Å². The summed E-state index contributed by atoms with van der Waals surface area (Å²) < 4.78 is 0. The predicted octanol–water partition coefficient (Wildman–Crippen LogP) is 0.728. The number of carbonyl (C=O) groups excluding carboxylic acids is 1. The fourth-order valence-electron chi connectivity index (χ4n) is 2.29. The third-order valence-corrected chi connectivity index (χ3v) is 3.56. The highest BCUT2D eigenvalue weighted by Gasteiger charge is 2.19. The molecule has 0 atom stereocenters. The largest absolute Gasteiger partial charge is 0.371 e. The maximum Gasteiger partial charge on any atom is 0.236 e. The van der Waals surface area contributed by atoms with Crippen LogP contribution in [0.5, 0.6) is 0 Å². The Hall–Kier alpha value is -1.62. The molecule has 0 spiro atoms. The topological polar surface area (TPSA) is 48.5 Å². The van der Waals surface area contributed by atoms with Crippen LogP contribution in [-0.4, -0.2) is 55.6 Å². The minimum Gasteiger partial charge on any atom is -0.371 e. The average molecular weight is 262 g/mol. The zero-order valence-corrected chi connectivity index (χ0v) is 11.7. The first-order valence-corrected chi connectivity index (χ1v) is 6.75. The number of aromatic nitrogens is 1. The number of rotatable bonds is 4. The number of nitrogens with one attached hydrogen (secondary N) is 1. The Morgan fingerprint density at radius 3 is 2.58 bits per heavy atom. The second-order valence-corrected chi connectivity index (χ2v) is 5.14. The van der Waals surface area contributed by atoms with E-state index < -0.39 is 0 Å². The lowest BCUT2D eigenvalue weighted by Gasteiger charge is -2.34. The van der Waals surface area contributed by atoms with E-state index in [0.29, 0.717) is 12.6 Å². The molecule has 0 radical (unpaired) electrons. The zero-order chi connectivity index (χ0) is 13.7. The van der Waals surface area contributed by atoms with Crippen LogP contribution in [0.3, 0.4) is 0 Å². The molecule has 1 amide bonds. The molecule has 1 fully saturated rings. The standard InChI is InChI=1S/C14H22N4O/c1-17(2)14(19)11-16-12-5-9-18(10-6-12)13-3-7-15-8-4-13/h3-4,7-8,12,16H,5-6,9-11H2,1-2H3. The molecule has 0 unspecified atom stereocenters. The van der Waals surface area contributed by atoms with Gasteiger partial charge in [0, 0.05) is 51.3 Å². The minimum atomic E-state index is 0.136. The zero-order valence-electron chi connectivity index (χ0n) is 11.7. The molecule has 0 bridgehead atoms. The smallest absolute Gasteiger partial charge is 0.236 e. The quantitative estimate of drug-likeness (QED) is 0.869. The van der Waals surface area contributed by atoms with Gasteiger partial charge in [0.25, 0.3) is 0 Å². The Kier molecular flexibility index (Phi) is 4.74. The molecule has 2 rings (SSSR count). The molecule has 1 saturated heterocycles. The van der Waals surface area contributed by atoms with Crippen molar-refractivity contribution in [2.45, 2.75) is 18.9 Å². The number of amides is 1. The van der Waals surface area contributed by atoms with Gasteiger partial charge < -0.3 is 15.1 Å². The van der Waals surface area contributed by atoms with Crippen LogP contribution in [0.25, 0.3) is 0 Å². The fourth-order valence-corrected chi connectivity index (χ4v) is 2.29. The molecule has 0 saturated carbocycles. The van der Waals surface area contributed by atoms with Crippen LogP contribution in [0.4, 0.5) is 5.69 Å². The molecule has 0 aliphatic carbocycles. The summed E-state index contributed by atoms with van der Waals surface area (Å²) in [6, 6.07) is 4.54. The molecule has 5 heteroatoms. The van der Waals surface area contributed by atoms with Gasteiger partial charge in [-0.05, 0) is 25.0 Å². The first kappa shape index (κ1) is 13.8. The van der Waals surface area contributed by atoms with E-state index in [1.807, 2.05) is 24.5 Å². The van der Waals surface area contributed by atoms with E-state index in [9.17, 15) is 4.79 Å². The summed E-state index contributed by atoms with van der Waals surface area (Å²) in [5.74, 6) is 0.136. The lowest BCUT2D eigenvalue weighted by Crippen LogP contribution is -2.45. The van der Waals surface area contributed by atoms with E-state index in [2.05, 4.69) is 15.2 Å². The summed E-state index contributed by atoms with van der Waals surface area (Å²) in [5.41, 5.74) is 1.23. The van der Waals surface area contributed by atoms with Crippen molar-refractivity contribution in [1.29, 1.82) is 0 Å². The van der Waals surface area contributed by atoms with E-state index in [0.717, 1.165) is 25.9 Å². The number of nitrogens with zero attached hydrogens (tertiary/aromatic N) is 3. The third kappa shape index (κ3) is 3.92. The molecule has 1 N–H and O–H groups in total. The SMILES string of the molecule is CN(C)C(=O)CNC1CCN(c2ccncc2)CC1. The molecular weight excluding hydrogens is 240 g/mol. The molecule has 2 heterocycles. The van der Waals surface area contributed by atoms with Gasteiger partial charge >= 0.3 is 0 Å². The summed E-state index contributed by atoms with van der Waals surface area (Å²) in [6.07, 6.45) is 5.80. The van der Waals surface area contributed by atoms with Gasteiger partial charge in [0.15, 0.2) is 0 Å². The van der Waals surface area contributed by atoms with Gasteiger partial charge in [-0.15, -0.1) is 0 Å². The van der Waals surface area contributed by atoms with E-state index in [4.69, 9.17) is 0 Å². The van der Waals surface area contributed by atoms with Crippen molar-refractivity contribution in [3.63, 3.8) is 0 Å². The third-order valence-electron chi connectivity index (χ3n) is 3.56. The van der Waals surface area contributed by atoms with Gasteiger partial charge in [0.05, 0.1) is 6.54 Å². The Labute approximate surface area is 114 Å². The number of hydrogen-bond donors (Lipinski definition) is 1. The van der Waals surface area contributed by atoms with E-state index in [-0.39, 0.29) is 5.91 Å². The van der Waals surface area contributed by atoms with Crippen molar-refractivity contribution in [1.82, 2.24) is 15.2 Å². The van der Waals surface area contributed by atoms with Crippen LogP contribution < -0.4 is 10.2 Å². The average Bonchev–Trinajstić information content (AvgIpc) is 2.46. The Balaban J connectivity index is 1.75. The Morgan fingerprint density at radius 2 is 2.00 bits per heavy atom. The lowest BCUT2D eigenvalue weighted by atomic mass is 10.0. The summed E-state index contributed by atoms with van der Waals surface area (Å²) >= 11 is 0. The van der Waals surface area contributed by atoms with Crippen molar-refractivity contribution >= 4 is 11.6 Å². The monoisotopic (exact) mass is 262 g/mol. The highest BCUT2D eigenvalue weighted by atomic mass is 16.2. The van der Waals surface area contributed by atoms with Crippen LogP contribution >= 0.6 is 0 Å². The second-order valence-electron chi connectivity index (χ2n) is 5.14. The van der Waals surface area contributed by atoms with Crippen molar-refractivity contribution in [3.8, 4) is 0 Å². The van der Waals surface area contributed by atoms with Crippen molar-refractivity contribution < 1.29 is 4.79 Å². The summed E-state index contributed by atoms with van der Waals surface area (Å²) in [4.78, 5) is 19.5. The summed E-state index contributed by atoms with van der Waals surface area (Å²) in [6.45, 7) is 2.49. The first-order valence-electron chi connectivity index (χ1n) is 6.75. The maximum absolute atomic E-state index is 11.5. The van der Waals surface area contributed by atoms with Gasteiger partial charge in [-0.25, -0.2) is 0 Å². The van der Waals surface area contributed by atoms with E-state index in [1.54, 1.807) is 19.0 Å². The highest BCUT2D eigenvalue weighted by molar-refractivity contribution is 5.77. The van der Waals surface area contributed by atoms with Crippen LogP contribution in [0.1, 0.15) is 12.8 Å². The lowest BCUT2D eigenvalue weighted by molar-refractivity contribution is -0.127. The number of likely N-dealkylation sites (N-methyl/N-ethyl adjacent to an activating group) is 1. The van der Waals surface area contributed by atoms with Crippen molar-refractivity contribution in [2.75, 3.05) is 38.6 Å². The van der Waals surface area contributed by atoms with E-state index in [1.165, 1.54) is 5.69 Å². The molecule has 5 nitrogen and oxygen atoms in total. The van der Waals surface area contributed by atoms with Crippen LogP contribution in [0.2, 0.25) is 0 Å². The van der Waals surface area contributed by atoms with Crippen molar-refractivity contribution in [2.24, 2.45) is 0 Å². The predicted molar refractivity (Wildman–Crippen MR) is 76.2 cm³/mol. The number of pyridine rings is 1. The molecular formula is C14H22N4O. The van der Waals surface area contributed by atoms with Gasteiger partial charge in [0.2, 0.25) is 5.91 Å². The molecule has 104 valence electrons. The molecule has 1 aliphatic heterocycles. The molecule has 19 heavy (non-hydrogen) atoms. The van der Waals surface area contributed by atoms with Gasteiger partial charge in [-0.2, -0.15) is 0 Å². The first-order chi connectivity index (χ1) is 9.16. The highest BCUT2D eigenvalue weighted by Crippen LogP contribution is 2.18. The number of piperidine rings is 1. The number of hydrogen-bond acceptors (Lipinski definition) is 4. The Bertz CT molecular complexity index is 399. The van der Waals surface area contributed by atoms with E-state index >= 15 is 0 Å². The molecule has 0 aromatic carbocycles. The van der Waals surface area contributed by atoms with Crippen LogP contribution in [-0.2, 0) is 4.79 Å². The molecule has 1 aromatic rings. The summed E-state index contributed by atoms with van der Waals surface area (Å²) in [5, 5.41) is 3.34. The van der Waals surface area contributed by atoms with Gasteiger partial charge in [0.1, 0.15) is 0 Å². The van der Waals surface area contributed by atoms with Crippen molar-refractivity contribution in [3.05, 3.63) is 24.5 Å². The Morgan fingerprint density at radius 1 is 1.37 bits per heavy atom. The number of anilines is 1. The maximum atomic E-state index is 11.5. The van der Waals surface area contributed by atoms with Gasteiger partial charge in [-0.1, -0.05) is 0 Å². The fraction of sp³-hybridized carbons (Fsp3) is 0.571. The molecule has 1 aromatic heterocycles. The minimum absolute atomic E-state index is 0.136. The second kappa shape index (κ2) is 6.52. The molecule has 1 aliphatic rings. The van der Waals surface area contributed by atoms with Gasteiger partial charge in [-0.3, -0.25) is 9.78 Å². The van der Waals surface area contributed by atoms with Crippen LogP contribution in [0.15, 0.2) is 24.5 Å².